The molecule has 0 bridgehead atoms. The van der Waals surface area contributed by atoms with Crippen LogP contribution in [0.1, 0.15) is 43.7 Å². The van der Waals surface area contributed by atoms with Crippen LogP contribution in [0.25, 0.3) is 0 Å². The van der Waals surface area contributed by atoms with Gasteiger partial charge in [-0.1, -0.05) is 0 Å². The molecule has 2 heterocycles. The molecule has 2 nitrogen and oxygen atoms in total. The van der Waals surface area contributed by atoms with Gasteiger partial charge in [-0.3, -0.25) is 0 Å². The monoisotopic (exact) mass is 266 g/mol. The van der Waals surface area contributed by atoms with E-state index in [-0.39, 0.29) is 0 Å². The van der Waals surface area contributed by atoms with Gasteiger partial charge in [0.1, 0.15) is 0 Å². The highest BCUT2D eigenvalue weighted by molar-refractivity contribution is 7.10. The summed E-state index contributed by atoms with van der Waals surface area (Å²) in [6, 6.07) is 3.42. The third-order valence-electron chi connectivity index (χ3n) is 4.06. The molecule has 102 valence electrons. The van der Waals surface area contributed by atoms with E-state index < -0.39 is 0 Å². The number of nitrogens with one attached hydrogen (secondary N) is 1. The van der Waals surface area contributed by atoms with Crippen molar-refractivity contribution in [2.24, 2.45) is 5.92 Å². The van der Waals surface area contributed by atoms with Crippen molar-refractivity contribution in [2.75, 3.05) is 19.6 Å². The predicted octanol–water partition coefficient (Wildman–Crippen LogP) is 3.44. The molecular weight excluding hydrogens is 240 g/mol. The molecule has 1 aromatic rings. The summed E-state index contributed by atoms with van der Waals surface area (Å²) in [6.07, 6.45) is 1.35. The highest BCUT2D eigenvalue weighted by Gasteiger charge is 2.24. The topological polar surface area (TPSA) is 15.3 Å². The van der Waals surface area contributed by atoms with Gasteiger partial charge in [0.05, 0.1) is 0 Å². The molecule has 0 spiro atoms. The molecule has 0 amide bonds. The lowest BCUT2D eigenvalue weighted by Gasteiger charge is -2.21. The minimum Gasteiger partial charge on any atom is -0.309 e. The Morgan fingerprint density at radius 2 is 2.22 bits per heavy atom. The third kappa shape index (κ3) is 3.34. The van der Waals surface area contributed by atoms with Crippen molar-refractivity contribution in [3.8, 4) is 0 Å². The smallest absolute Gasteiger partial charge is 0.0388 e. The molecule has 18 heavy (non-hydrogen) atoms. The van der Waals surface area contributed by atoms with Crippen LogP contribution < -0.4 is 5.32 Å². The summed E-state index contributed by atoms with van der Waals surface area (Å²) in [5.74, 6) is 0.829. The Morgan fingerprint density at radius 3 is 2.78 bits per heavy atom. The summed E-state index contributed by atoms with van der Waals surface area (Å²) in [5.41, 5.74) is 1.43. The number of hydrogen-bond donors (Lipinski definition) is 1. The van der Waals surface area contributed by atoms with Gasteiger partial charge in [-0.05, 0) is 70.1 Å². The van der Waals surface area contributed by atoms with E-state index in [9.17, 15) is 0 Å². The second kappa shape index (κ2) is 6.18. The van der Waals surface area contributed by atoms with Gasteiger partial charge in [-0.2, -0.15) is 0 Å². The van der Waals surface area contributed by atoms with E-state index in [0.717, 1.165) is 12.5 Å². The van der Waals surface area contributed by atoms with Crippen molar-refractivity contribution in [3.63, 3.8) is 0 Å². The molecule has 1 N–H and O–H groups in total. The number of likely N-dealkylation sites (tertiary alicyclic amines) is 1. The lowest BCUT2D eigenvalue weighted by molar-refractivity contribution is 0.263. The first-order valence-electron chi connectivity index (χ1n) is 7.09. The number of rotatable bonds is 5. The molecule has 1 aliphatic heterocycles. The largest absolute Gasteiger partial charge is 0.309 e. The predicted molar refractivity (Wildman–Crippen MR) is 80.3 cm³/mol. The molecule has 1 saturated heterocycles. The fraction of sp³-hybridized carbons (Fsp3) is 0.733. The summed E-state index contributed by atoms with van der Waals surface area (Å²) in [7, 11) is 0. The van der Waals surface area contributed by atoms with Gasteiger partial charge in [0.25, 0.3) is 0 Å². The number of nitrogens with zero attached hydrogens (tertiary/aromatic N) is 1. The van der Waals surface area contributed by atoms with Gasteiger partial charge >= 0.3 is 0 Å². The van der Waals surface area contributed by atoms with E-state index in [0.29, 0.717) is 12.1 Å². The van der Waals surface area contributed by atoms with E-state index in [2.05, 4.69) is 49.4 Å². The SMILES string of the molecule is Cc1ccsc1C(C)NCC1CCN(C(C)C)C1. The third-order valence-corrected chi connectivity index (χ3v) is 5.26. The standard InChI is InChI=1S/C15H26N2S/c1-11(2)17-7-5-14(10-17)9-16-13(4)15-12(3)6-8-18-15/h6,8,11,13-14,16H,5,7,9-10H2,1-4H3. The van der Waals surface area contributed by atoms with Crippen LogP contribution in [0, 0.1) is 12.8 Å². The summed E-state index contributed by atoms with van der Waals surface area (Å²) >= 11 is 1.87. The molecule has 1 aliphatic rings. The number of hydrogen-bond acceptors (Lipinski definition) is 3. The molecular formula is C15H26N2S. The van der Waals surface area contributed by atoms with Gasteiger partial charge < -0.3 is 10.2 Å². The molecule has 1 aromatic heterocycles. The molecule has 0 saturated carbocycles. The van der Waals surface area contributed by atoms with E-state index in [1.165, 1.54) is 30.0 Å². The Morgan fingerprint density at radius 1 is 1.44 bits per heavy atom. The zero-order valence-electron chi connectivity index (χ0n) is 12.1. The van der Waals surface area contributed by atoms with Crippen LogP contribution in [0.5, 0.6) is 0 Å². The molecule has 2 rings (SSSR count). The van der Waals surface area contributed by atoms with Crippen molar-refractivity contribution in [2.45, 2.75) is 46.2 Å². The minimum atomic E-state index is 0.498. The van der Waals surface area contributed by atoms with E-state index >= 15 is 0 Å². The Kier molecular flexibility index (Phi) is 4.82. The second-order valence-electron chi connectivity index (χ2n) is 5.84. The lowest BCUT2D eigenvalue weighted by atomic mass is 10.1. The number of thiophene rings is 1. The van der Waals surface area contributed by atoms with Gasteiger partial charge in [0, 0.05) is 23.5 Å². The van der Waals surface area contributed by atoms with Crippen molar-refractivity contribution in [3.05, 3.63) is 21.9 Å². The molecule has 3 heteroatoms. The second-order valence-corrected chi connectivity index (χ2v) is 6.79. The summed E-state index contributed by atoms with van der Waals surface area (Å²) in [4.78, 5) is 4.08. The van der Waals surface area contributed by atoms with Crippen LogP contribution in [-0.2, 0) is 0 Å². The summed E-state index contributed by atoms with van der Waals surface area (Å²) in [5, 5.41) is 5.90. The van der Waals surface area contributed by atoms with E-state index in [1.54, 1.807) is 0 Å². The quantitative estimate of drug-likeness (QED) is 0.878. The maximum Gasteiger partial charge on any atom is 0.0388 e. The fourth-order valence-electron chi connectivity index (χ4n) is 2.76. The first-order chi connectivity index (χ1) is 8.58. The average molecular weight is 266 g/mol. The highest BCUT2D eigenvalue weighted by Crippen LogP contribution is 2.24. The molecule has 0 radical (unpaired) electrons. The Hall–Kier alpha value is -0.380. The zero-order chi connectivity index (χ0) is 13.1. The van der Waals surface area contributed by atoms with Crippen molar-refractivity contribution >= 4 is 11.3 Å². The van der Waals surface area contributed by atoms with Crippen molar-refractivity contribution < 1.29 is 0 Å². The molecule has 0 aromatic carbocycles. The molecule has 0 aliphatic carbocycles. The first kappa shape index (κ1) is 14.0. The molecule has 2 unspecified atom stereocenters. The summed E-state index contributed by atoms with van der Waals surface area (Å²) in [6.45, 7) is 12.8. The van der Waals surface area contributed by atoms with Crippen LogP contribution in [0.2, 0.25) is 0 Å². The maximum absolute atomic E-state index is 3.71. The maximum atomic E-state index is 3.71. The van der Waals surface area contributed by atoms with E-state index in [4.69, 9.17) is 0 Å². The van der Waals surface area contributed by atoms with Gasteiger partial charge in [-0.15, -0.1) is 11.3 Å². The van der Waals surface area contributed by atoms with Crippen molar-refractivity contribution in [1.29, 1.82) is 0 Å². The normalized spacial score (nSPS) is 22.8. The van der Waals surface area contributed by atoms with Crippen LogP contribution in [0.3, 0.4) is 0 Å². The minimum absolute atomic E-state index is 0.498. The Labute approximate surface area is 115 Å². The molecule has 2 atom stereocenters. The average Bonchev–Trinajstić information content (AvgIpc) is 2.94. The highest BCUT2D eigenvalue weighted by atomic mass is 32.1. The van der Waals surface area contributed by atoms with Crippen LogP contribution in [0.15, 0.2) is 11.4 Å². The fourth-order valence-corrected chi connectivity index (χ4v) is 3.72. The van der Waals surface area contributed by atoms with Gasteiger partial charge in [-0.25, -0.2) is 0 Å². The lowest BCUT2D eigenvalue weighted by Crippen LogP contribution is -2.31. The van der Waals surface area contributed by atoms with Crippen molar-refractivity contribution in [1.82, 2.24) is 10.2 Å². The van der Waals surface area contributed by atoms with Gasteiger partial charge in [0.2, 0.25) is 0 Å². The molecule has 1 fully saturated rings. The van der Waals surface area contributed by atoms with Gasteiger partial charge in [0.15, 0.2) is 0 Å². The summed E-state index contributed by atoms with van der Waals surface area (Å²) < 4.78 is 0. The van der Waals surface area contributed by atoms with Crippen LogP contribution in [0.4, 0.5) is 0 Å². The Bertz CT molecular complexity index is 372. The van der Waals surface area contributed by atoms with Crippen LogP contribution in [-0.4, -0.2) is 30.6 Å². The van der Waals surface area contributed by atoms with E-state index in [1.807, 2.05) is 11.3 Å². The Balaban J connectivity index is 1.77. The number of aryl methyl sites for hydroxylation is 1. The van der Waals surface area contributed by atoms with Crippen LogP contribution >= 0.6 is 11.3 Å². The zero-order valence-corrected chi connectivity index (χ0v) is 12.9. The first-order valence-corrected chi connectivity index (χ1v) is 7.97.